The van der Waals surface area contributed by atoms with Gasteiger partial charge in [0, 0.05) is 16.1 Å². The van der Waals surface area contributed by atoms with Crippen molar-refractivity contribution >= 4 is 33.2 Å². The zero-order valence-corrected chi connectivity index (χ0v) is 13.2. The third-order valence-corrected chi connectivity index (χ3v) is 4.41. The van der Waals surface area contributed by atoms with Crippen molar-refractivity contribution in [3.63, 3.8) is 0 Å². The Morgan fingerprint density at radius 3 is 2.65 bits per heavy atom. The molecule has 3 nitrogen and oxygen atoms in total. The molecule has 2 aromatic carbocycles. The van der Waals surface area contributed by atoms with Gasteiger partial charge in [-0.05, 0) is 30.5 Å². The standard InChI is InChI=1S/C15H13BrClNO2/c1-10-6-7-11(8-13(10)16)14(17)9-12-4-2-3-5-15(12)18(19)20/h2-8,14H,9H2,1H3. The van der Waals surface area contributed by atoms with Crippen LogP contribution in [0.25, 0.3) is 0 Å². The van der Waals surface area contributed by atoms with Gasteiger partial charge in [-0.2, -0.15) is 0 Å². The zero-order chi connectivity index (χ0) is 14.7. The number of rotatable bonds is 4. The second kappa shape index (κ2) is 6.37. The van der Waals surface area contributed by atoms with Crippen LogP contribution in [0.4, 0.5) is 5.69 Å². The maximum absolute atomic E-state index is 11.0. The summed E-state index contributed by atoms with van der Waals surface area (Å²) in [7, 11) is 0. The maximum atomic E-state index is 11.0. The van der Waals surface area contributed by atoms with Crippen molar-refractivity contribution in [1.29, 1.82) is 0 Å². The van der Waals surface area contributed by atoms with Crippen LogP contribution >= 0.6 is 27.5 Å². The molecule has 2 aromatic rings. The number of alkyl halides is 1. The Kier molecular flexibility index (Phi) is 4.78. The van der Waals surface area contributed by atoms with Crippen molar-refractivity contribution in [1.82, 2.24) is 0 Å². The summed E-state index contributed by atoms with van der Waals surface area (Å²) in [6, 6.07) is 12.6. The van der Waals surface area contributed by atoms with E-state index in [1.54, 1.807) is 18.2 Å². The van der Waals surface area contributed by atoms with Gasteiger partial charge in [0.25, 0.3) is 5.69 Å². The Morgan fingerprint density at radius 2 is 2.00 bits per heavy atom. The van der Waals surface area contributed by atoms with Crippen molar-refractivity contribution in [2.75, 3.05) is 0 Å². The normalized spacial score (nSPS) is 12.2. The number of hydrogen-bond donors (Lipinski definition) is 0. The summed E-state index contributed by atoms with van der Waals surface area (Å²) in [6.45, 7) is 2.00. The van der Waals surface area contributed by atoms with E-state index in [0.717, 1.165) is 15.6 Å². The van der Waals surface area contributed by atoms with Gasteiger partial charge in [0.1, 0.15) is 0 Å². The molecule has 5 heteroatoms. The lowest BCUT2D eigenvalue weighted by Gasteiger charge is -2.11. The largest absolute Gasteiger partial charge is 0.272 e. The first kappa shape index (κ1) is 15.0. The summed E-state index contributed by atoms with van der Waals surface area (Å²) >= 11 is 9.87. The SMILES string of the molecule is Cc1ccc(C(Cl)Cc2ccccc2[N+](=O)[O-])cc1Br. The average Bonchev–Trinajstić information content (AvgIpc) is 2.42. The molecule has 0 bridgehead atoms. The van der Waals surface area contributed by atoms with Gasteiger partial charge in [-0.1, -0.05) is 46.3 Å². The molecule has 20 heavy (non-hydrogen) atoms. The van der Waals surface area contributed by atoms with E-state index < -0.39 is 0 Å². The van der Waals surface area contributed by atoms with Crippen LogP contribution in [0.15, 0.2) is 46.9 Å². The summed E-state index contributed by atoms with van der Waals surface area (Å²) in [6.07, 6.45) is 0.425. The molecule has 0 saturated carbocycles. The highest BCUT2D eigenvalue weighted by Crippen LogP contribution is 2.31. The molecule has 0 radical (unpaired) electrons. The van der Waals surface area contributed by atoms with Crippen LogP contribution in [0, 0.1) is 17.0 Å². The van der Waals surface area contributed by atoms with Gasteiger partial charge in [-0.3, -0.25) is 10.1 Å². The maximum Gasteiger partial charge on any atom is 0.272 e. The molecule has 104 valence electrons. The predicted molar refractivity (Wildman–Crippen MR) is 84.3 cm³/mol. The predicted octanol–water partition coefficient (Wildman–Crippen LogP) is 5.19. The molecular weight excluding hydrogens is 342 g/mol. The molecule has 0 N–H and O–H groups in total. The molecule has 1 unspecified atom stereocenters. The third-order valence-electron chi connectivity index (χ3n) is 3.15. The Hall–Kier alpha value is -1.39. The first-order valence-corrected chi connectivity index (χ1v) is 7.34. The first-order valence-electron chi connectivity index (χ1n) is 6.11. The Bertz CT molecular complexity index is 646. The quantitative estimate of drug-likeness (QED) is 0.431. The van der Waals surface area contributed by atoms with E-state index in [0.29, 0.717) is 12.0 Å². The average molecular weight is 355 g/mol. The smallest absolute Gasteiger partial charge is 0.258 e. The van der Waals surface area contributed by atoms with Crippen molar-refractivity contribution in [3.8, 4) is 0 Å². The van der Waals surface area contributed by atoms with Crippen LogP contribution in [-0.2, 0) is 6.42 Å². The second-order valence-electron chi connectivity index (χ2n) is 4.57. The topological polar surface area (TPSA) is 43.1 Å². The fourth-order valence-corrected chi connectivity index (χ4v) is 2.67. The van der Waals surface area contributed by atoms with Crippen LogP contribution in [0.2, 0.25) is 0 Å². The lowest BCUT2D eigenvalue weighted by atomic mass is 10.0. The van der Waals surface area contributed by atoms with Gasteiger partial charge in [0.2, 0.25) is 0 Å². The van der Waals surface area contributed by atoms with E-state index in [1.165, 1.54) is 6.07 Å². The highest BCUT2D eigenvalue weighted by molar-refractivity contribution is 9.10. The summed E-state index contributed by atoms with van der Waals surface area (Å²) in [5, 5.41) is 10.7. The fourth-order valence-electron chi connectivity index (χ4n) is 1.98. The van der Waals surface area contributed by atoms with Gasteiger partial charge in [-0.15, -0.1) is 11.6 Å². The molecule has 0 fully saturated rings. The van der Waals surface area contributed by atoms with E-state index in [2.05, 4.69) is 15.9 Å². The van der Waals surface area contributed by atoms with E-state index in [-0.39, 0.29) is 16.0 Å². The Balaban J connectivity index is 2.25. The number of para-hydroxylation sites is 1. The summed E-state index contributed by atoms with van der Waals surface area (Å²) < 4.78 is 0.989. The van der Waals surface area contributed by atoms with Crippen LogP contribution in [-0.4, -0.2) is 4.92 Å². The van der Waals surface area contributed by atoms with Crippen LogP contribution in [0.1, 0.15) is 22.1 Å². The van der Waals surface area contributed by atoms with Crippen molar-refractivity contribution in [3.05, 3.63) is 73.7 Å². The second-order valence-corrected chi connectivity index (χ2v) is 5.95. The Labute approximate surface area is 130 Å². The van der Waals surface area contributed by atoms with Crippen molar-refractivity contribution in [2.45, 2.75) is 18.7 Å². The lowest BCUT2D eigenvalue weighted by molar-refractivity contribution is -0.385. The van der Waals surface area contributed by atoms with Gasteiger partial charge in [-0.25, -0.2) is 0 Å². The monoisotopic (exact) mass is 353 g/mol. The van der Waals surface area contributed by atoms with E-state index >= 15 is 0 Å². The number of benzene rings is 2. The molecule has 0 aliphatic rings. The van der Waals surface area contributed by atoms with Crippen LogP contribution in [0.3, 0.4) is 0 Å². The lowest BCUT2D eigenvalue weighted by Crippen LogP contribution is -2.00. The Morgan fingerprint density at radius 1 is 1.30 bits per heavy atom. The minimum Gasteiger partial charge on any atom is -0.258 e. The highest BCUT2D eigenvalue weighted by Gasteiger charge is 2.17. The molecule has 0 amide bonds. The van der Waals surface area contributed by atoms with Crippen molar-refractivity contribution in [2.24, 2.45) is 0 Å². The van der Waals surface area contributed by atoms with E-state index in [9.17, 15) is 10.1 Å². The van der Waals surface area contributed by atoms with Crippen LogP contribution in [0.5, 0.6) is 0 Å². The van der Waals surface area contributed by atoms with Crippen molar-refractivity contribution < 1.29 is 4.92 Å². The molecule has 0 heterocycles. The van der Waals surface area contributed by atoms with Crippen LogP contribution < -0.4 is 0 Å². The molecule has 0 aliphatic heterocycles. The highest BCUT2D eigenvalue weighted by atomic mass is 79.9. The zero-order valence-electron chi connectivity index (χ0n) is 10.8. The van der Waals surface area contributed by atoms with Gasteiger partial charge in [0.15, 0.2) is 0 Å². The van der Waals surface area contributed by atoms with E-state index in [1.807, 2.05) is 25.1 Å². The molecular formula is C15H13BrClNO2. The summed E-state index contributed by atoms with van der Waals surface area (Å²) in [5.41, 5.74) is 2.84. The molecule has 0 spiro atoms. The molecule has 1 atom stereocenters. The summed E-state index contributed by atoms with van der Waals surface area (Å²) in [5.74, 6) is 0. The number of nitrogens with zero attached hydrogens (tertiary/aromatic N) is 1. The number of hydrogen-bond acceptors (Lipinski definition) is 2. The fraction of sp³-hybridized carbons (Fsp3) is 0.200. The number of nitro groups is 1. The third kappa shape index (κ3) is 3.38. The number of aryl methyl sites for hydroxylation is 1. The molecule has 0 aromatic heterocycles. The molecule has 0 saturated heterocycles. The molecule has 2 rings (SSSR count). The molecule has 0 aliphatic carbocycles. The van der Waals surface area contributed by atoms with E-state index in [4.69, 9.17) is 11.6 Å². The first-order chi connectivity index (χ1) is 9.49. The summed E-state index contributed by atoms with van der Waals surface area (Å²) in [4.78, 5) is 10.6. The number of nitro benzene ring substituents is 1. The number of halogens is 2. The van der Waals surface area contributed by atoms with Gasteiger partial charge in [0.05, 0.1) is 10.3 Å². The van der Waals surface area contributed by atoms with Gasteiger partial charge >= 0.3 is 0 Å². The van der Waals surface area contributed by atoms with Gasteiger partial charge < -0.3 is 0 Å². The minimum atomic E-state index is -0.371. The minimum absolute atomic E-state index is 0.115.